The second-order valence-corrected chi connectivity index (χ2v) is 5.68. The molecular weight excluding hydrogens is 208 g/mol. The highest BCUT2D eigenvalue weighted by atomic mass is 15.2. The summed E-state index contributed by atoms with van der Waals surface area (Å²) in [6.45, 7) is 3.39. The highest BCUT2D eigenvalue weighted by Gasteiger charge is 2.40. The molecule has 0 bridgehead atoms. The maximum atomic E-state index is 3.55. The molecule has 2 heteroatoms. The van der Waals surface area contributed by atoms with Crippen molar-refractivity contribution >= 4 is 5.69 Å². The molecular formula is C15H20N2. The summed E-state index contributed by atoms with van der Waals surface area (Å²) < 4.78 is 0. The normalized spacial score (nSPS) is 30.7. The molecule has 0 amide bonds. The number of nitrogens with zero attached hydrogens (tertiary/aromatic N) is 1. The fourth-order valence-corrected chi connectivity index (χ4v) is 4.12. The molecule has 1 N–H and O–H groups in total. The van der Waals surface area contributed by atoms with Crippen LogP contribution in [0.2, 0.25) is 0 Å². The topological polar surface area (TPSA) is 15.3 Å². The third kappa shape index (κ3) is 1.37. The molecule has 1 fully saturated rings. The minimum Gasteiger partial charge on any atom is -0.366 e. The Balaban J connectivity index is 1.87. The Bertz CT molecular complexity index is 441. The first-order valence-electron chi connectivity index (χ1n) is 7.04. The van der Waals surface area contributed by atoms with E-state index < -0.39 is 0 Å². The number of anilines is 1. The lowest BCUT2D eigenvalue weighted by atomic mass is 9.82. The molecule has 2 heterocycles. The summed E-state index contributed by atoms with van der Waals surface area (Å²) in [5.74, 6) is 0.830. The maximum absolute atomic E-state index is 3.55. The van der Waals surface area contributed by atoms with Crippen molar-refractivity contribution in [1.82, 2.24) is 5.32 Å². The molecule has 0 aromatic heterocycles. The maximum Gasteiger partial charge on any atom is 0.0451 e. The van der Waals surface area contributed by atoms with Gasteiger partial charge in [-0.15, -0.1) is 0 Å². The first-order chi connectivity index (χ1) is 8.45. The van der Waals surface area contributed by atoms with Gasteiger partial charge in [-0.3, -0.25) is 0 Å². The van der Waals surface area contributed by atoms with Gasteiger partial charge < -0.3 is 10.2 Å². The van der Waals surface area contributed by atoms with Crippen LogP contribution in [-0.4, -0.2) is 19.1 Å². The van der Waals surface area contributed by atoms with E-state index in [0.717, 1.165) is 25.0 Å². The summed E-state index contributed by atoms with van der Waals surface area (Å²) >= 11 is 0. The zero-order valence-corrected chi connectivity index (χ0v) is 10.3. The molecule has 90 valence electrons. The molecule has 2 atom stereocenters. The van der Waals surface area contributed by atoms with Gasteiger partial charge in [0.25, 0.3) is 0 Å². The van der Waals surface area contributed by atoms with Gasteiger partial charge in [-0.1, -0.05) is 31.0 Å². The second-order valence-electron chi connectivity index (χ2n) is 5.68. The number of rotatable bonds is 0. The van der Waals surface area contributed by atoms with Crippen LogP contribution in [0.25, 0.3) is 0 Å². The van der Waals surface area contributed by atoms with Crippen LogP contribution in [0.5, 0.6) is 0 Å². The molecule has 0 radical (unpaired) electrons. The quantitative estimate of drug-likeness (QED) is 0.734. The van der Waals surface area contributed by atoms with E-state index in [-0.39, 0.29) is 0 Å². The Labute approximate surface area is 103 Å². The van der Waals surface area contributed by atoms with Crippen LogP contribution < -0.4 is 10.2 Å². The van der Waals surface area contributed by atoms with E-state index in [9.17, 15) is 0 Å². The largest absolute Gasteiger partial charge is 0.366 e. The average molecular weight is 228 g/mol. The second kappa shape index (κ2) is 3.74. The number of hydrogen-bond acceptors (Lipinski definition) is 2. The smallest absolute Gasteiger partial charge is 0.0451 e. The lowest BCUT2D eigenvalue weighted by Crippen LogP contribution is -2.38. The minimum absolute atomic E-state index is 0.805. The predicted molar refractivity (Wildman–Crippen MR) is 70.5 cm³/mol. The van der Waals surface area contributed by atoms with Crippen LogP contribution >= 0.6 is 0 Å². The van der Waals surface area contributed by atoms with Gasteiger partial charge in [-0.2, -0.15) is 0 Å². The summed E-state index contributed by atoms with van der Waals surface area (Å²) in [5.41, 5.74) is 4.76. The van der Waals surface area contributed by atoms with Crippen LogP contribution in [0.4, 0.5) is 5.69 Å². The zero-order chi connectivity index (χ0) is 11.2. The molecule has 3 aliphatic rings. The van der Waals surface area contributed by atoms with E-state index in [2.05, 4.69) is 28.4 Å². The Morgan fingerprint density at radius 1 is 1.18 bits per heavy atom. The SMILES string of the molecule is c1cc2c3c(c1)C1CCCCC1N3CCNC2. The number of para-hydroxylation sites is 1. The average Bonchev–Trinajstić information content (AvgIpc) is 2.56. The minimum atomic E-state index is 0.805. The molecule has 1 aromatic carbocycles. The van der Waals surface area contributed by atoms with Crippen LogP contribution in [0.1, 0.15) is 42.7 Å². The fourth-order valence-electron chi connectivity index (χ4n) is 4.12. The van der Waals surface area contributed by atoms with Gasteiger partial charge in [-0.25, -0.2) is 0 Å². The van der Waals surface area contributed by atoms with E-state index in [1.807, 2.05) is 0 Å². The molecule has 17 heavy (non-hydrogen) atoms. The Hall–Kier alpha value is -1.02. The molecule has 1 aliphatic carbocycles. The van der Waals surface area contributed by atoms with Gasteiger partial charge in [0.1, 0.15) is 0 Å². The molecule has 0 saturated heterocycles. The molecule has 2 nitrogen and oxygen atoms in total. The number of fused-ring (bicyclic) bond motifs is 3. The van der Waals surface area contributed by atoms with E-state index >= 15 is 0 Å². The van der Waals surface area contributed by atoms with Crippen molar-refractivity contribution in [2.24, 2.45) is 0 Å². The molecule has 4 rings (SSSR count). The van der Waals surface area contributed by atoms with Crippen LogP contribution in [0.3, 0.4) is 0 Å². The van der Waals surface area contributed by atoms with Crippen molar-refractivity contribution in [2.45, 2.75) is 44.2 Å². The van der Waals surface area contributed by atoms with Gasteiger partial charge in [-0.05, 0) is 24.0 Å². The summed E-state index contributed by atoms with van der Waals surface area (Å²) in [6, 6.07) is 7.75. The molecule has 1 aromatic rings. The first-order valence-corrected chi connectivity index (χ1v) is 7.04. The highest BCUT2D eigenvalue weighted by Crippen LogP contribution is 2.49. The standard InChI is InChI=1S/C15H20N2/c1-2-7-14-12(5-1)13-6-3-4-11-10-16-8-9-17(14)15(11)13/h3-4,6,12,14,16H,1-2,5,7-10H2. The fraction of sp³-hybridized carbons (Fsp3) is 0.600. The molecule has 0 spiro atoms. The van der Waals surface area contributed by atoms with Crippen molar-refractivity contribution in [1.29, 1.82) is 0 Å². The van der Waals surface area contributed by atoms with Crippen molar-refractivity contribution < 1.29 is 0 Å². The van der Waals surface area contributed by atoms with Crippen LogP contribution in [0, 0.1) is 0 Å². The van der Waals surface area contributed by atoms with Crippen LogP contribution in [-0.2, 0) is 6.54 Å². The summed E-state index contributed by atoms with van der Waals surface area (Å²) in [4.78, 5) is 2.72. The molecule has 2 unspecified atom stereocenters. The van der Waals surface area contributed by atoms with Gasteiger partial charge in [0.2, 0.25) is 0 Å². The monoisotopic (exact) mass is 228 g/mol. The lowest BCUT2D eigenvalue weighted by Gasteiger charge is -2.33. The molecule has 2 aliphatic heterocycles. The summed E-state index contributed by atoms with van der Waals surface area (Å²) in [7, 11) is 0. The van der Waals surface area contributed by atoms with Crippen LogP contribution in [0.15, 0.2) is 18.2 Å². The Morgan fingerprint density at radius 3 is 3.12 bits per heavy atom. The van der Waals surface area contributed by atoms with Crippen molar-refractivity contribution in [2.75, 3.05) is 18.0 Å². The van der Waals surface area contributed by atoms with Crippen molar-refractivity contribution in [3.05, 3.63) is 29.3 Å². The van der Waals surface area contributed by atoms with E-state index in [1.165, 1.54) is 37.8 Å². The van der Waals surface area contributed by atoms with E-state index in [1.54, 1.807) is 11.3 Å². The Morgan fingerprint density at radius 2 is 2.12 bits per heavy atom. The van der Waals surface area contributed by atoms with Gasteiger partial charge in [0.05, 0.1) is 0 Å². The van der Waals surface area contributed by atoms with Crippen molar-refractivity contribution in [3.8, 4) is 0 Å². The van der Waals surface area contributed by atoms with Gasteiger partial charge in [0, 0.05) is 37.3 Å². The van der Waals surface area contributed by atoms with E-state index in [4.69, 9.17) is 0 Å². The Kier molecular flexibility index (Phi) is 2.19. The number of hydrogen-bond donors (Lipinski definition) is 1. The first kappa shape index (κ1) is 9.95. The van der Waals surface area contributed by atoms with Gasteiger partial charge >= 0.3 is 0 Å². The lowest BCUT2D eigenvalue weighted by molar-refractivity contribution is 0.386. The van der Waals surface area contributed by atoms with Gasteiger partial charge in [0.15, 0.2) is 0 Å². The third-order valence-corrected chi connectivity index (χ3v) is 4.81. The van der Waals surface area contributed by atoms with Crippen molar-refractivity contribution in [3.63, 3.8) is 0 Å². The van der Waals surface area contributed by atoms with E-state index in [0.29, 0.717) is 0 Å². The third-order valence-electron chi connectivity index (χ3n) is 4.81. The predicted octanol–water partition coefficient (Wildman–Crippen LogP) is 2.64. The highest BCUT2D eigenvalue weighted by molar-refractivity contribution is 5.67. The number of nitrogens with one attached hydrogen (secondary N) is 1. The zero-order valence-electron chi connectivity index (χ0n) is 10.3. The number of benzene rings is 1. The molecule has 1 saturated carbocycles. The summed E-state index contributed by atoms with van der Waals surface area (Å²) in [5, 5.41) is 3.55. The summed E-state index contributed by atoms with van der Waals surface area (Å²) in [6.07, 6.45) is 5.66.